The minimum absolute atomic E-state index is 0.118. The molecule has 72 valence electrons. The van der Waals surface area contributed by atoms with Gasteiger partial charge in [-0.1, -0.05) is 0 Å². The molecule has 1 aromatic heterocycles. The van der Waals surface area contributed by atoms with Crippen LogP contribution in [0.3, 0.4) is 0 Å². The van der Waals surface area contributed by atoms with Gasteiger partial charge in [0, 0.05) is 16.1 Å². The standard InChI is InChI=1S/C5HBrCl2O3S2/c6-3-2(13(8,10)11)1-12-4(3)5(7)9/h1H. The average molecular weight is 324 g/mol. The number of hydrogen-bond acceptors (Lipinski definition) is 4. The molecule has 1 heterocycles. The topological polar surface area (TPSA) is 51.2 Å². The van der Waals surface area contributed by atoms with E-state index in [1.54, 1.807) is 0 Å². The third-order valence-electron chi connectivity index (χ3n) is 1.14. The molecule has 13 heavy (non-hydrogen) atoms. The van der Waals surface area contributed by atoms with Crippen LogP contribution in [0, 0.1) is 0 Å². The SMILES string of the molecule is O=C(Cl)c1scc(S(=O)(=O)Cl)c1Br. The second-order valence-electron chi connectivity index (χ2n) is 1.95. The Hall–Kier alpha value is 0.380. The van der Waals surface area contributed by atoms with Gasteiger partial charge in [-0.15, -0.1) is 11.3 Å². The van der Waals surface area contributed by atoms with E-state index in [2.05, 4.69) is 15.9 Å². The number of thiophene rings is 1. The van der Waals surface area contributed by atoms with Crippen molar-refractivity contribution in [1.29, 1.82) is 0 Å². The maximum Gasteiger partial charge on any atom is 0.263 e. The lowest BCUT2D eigenvalue weighted by Gasteiger charge is -1.91. The van der Waals surface area contributed by atoms with Gasteiger partial charge in [0.1, 0.15) is 9.77 Å². The van der Waals surface area contributed by atoms with Gasteiger partial charge in [-0.3, -0.25) is 4.79 Å². The summed E-state index contributed by atoms with van der Waals surface area (Å²) in [5, 5.41) is 0.533. The number of carbonyl (C=O) groups excluding carboxylic acids is 1. The Balaban J connectivity index is 3.39. The van der Waals surface area contributed by atoms with Crippen molar-refractivity contribution >= 4 is 63.8 Å². The van der Waals surface area contributed by atoms with Crippen molar-refractivity contribution in [3.05, 3.63) is 14.7 Å². The molecular weight excluding hydrogens is 323 g/mol. The van der Waals surface area contributed by atoms with Crippen LogP contribution in [-0.4, -0.2) is 13.7 Å². The van der Waals surface area contributed by atoms with Gasteiger partial charge in [-0.2, -0.15) is 0 Å². The number of rotatable bonds is 2. The Kier molecular flexibility index (Phi) is 3.40. The summed E-state index contributed by atoms with van der Waals surface area (Å²) in [6.07, 6.45) is 0. The van der Waals surface area contributed by atoms with Crippen molar-refractivity contribution in [2.24, 2.45) is 0 Å². The summed E-state index contributed by atoms with van der Waals surface area (Å²) in [6, 6.07) is 0. The Morgan fingerprint density at radius 2 is 2.08 bits per heavy atom. The largest absolute Gasteiger partial charge is 0.275 e. The summed E-state index contributed by atoms with van der Waals surface area (Å²) in [5.74, 6) is 0. The van der Waals surface area contributed by atoms with Crippen molar-refractivity contribution < 1.29 is 13.2 Å². The Labute approximate surface area is 96.2 Å². The third kappa shape index (κ3) is 2.44. The second-order valence-corrected chi connectivity index (χ2v) is 6.50. The van der Waals surface area contributed by atoms with Gasteiger partial charge in [-0.25, -0.2) is 8.42 Å². The van der Waals surface area contributed by atoms with Crippen molar-refractivity contribution in [3.8, 4) is 0 Å². The molecule has 3 nitrogen and oxygen atoms in total. The van der Waals surface area contributed by atoms with Crippen LogP contribution < -0.4 is 0 Å². The first-order valence-electron chi connectivity index (χ1n) is 2.75. The fourth-order valence-electron chi connectivity index (χ4n) is 0.625. The van der Waals surface area contributed by atoms with Crippen LogP contribution >= 0.6 is 49.6 Å². The predicted molar refractivity (Wildman–Crippen MR) is 55.2 cm³/mol. The van der Waals surface area contributed by atoms with Gasteiger partial charge in [0.05, 0.1) is 4.47 Å². The van der Waals surface area contributed by atoms with Crippen LogP contribution in [0.1, 0.15) is 9.67 Å². The first kappa shape index (κ1) is 11.5. The van der Waals surface area contributed by atoms with Crippen LogP contribution in [0.2, 0.25) is 0 Å². The van der Waals surface area contributed by atoms with Gasteiger partial charge in [0.25, 0.3) is 14.3 Å². The van der Waals surface area contributed by atoms with E-state index in [4.69, 9.17) is 22.3 Å². The molecule has 0 spiro atoms. The zero-order chi connectivity index (χ0) is 10.2. The Morgan fingerprint density at radius 3 is 2.31 bits per heavy atom. The summed E-state index contributed by atoms with van der Waals surface area (Å²) >= 11 is 9.02. The lowest BCUT2D eigenvalue weighted by atomic mass is 10.5. The molecule has 0 aromatic carbocycles. The lowest BCUT2D eigenvalue weighted by Crippen LogP contribution is -1.90. The predicted octanol–water partition coefficient (Wildman–Crippen LogP) is 2.82. The van der Waals surface area contributed by atoms with Gasteiger partial charge in [-0.05, 0) is 27.5 Å². The van der Waals surface area contributed by atoms with E-state index in [-0.39, 0.29) is 14.2 Å². The van der Waals surface area contributed by atoms with Crippen LogP contribution in [0.4, 0.5) is 0 Å². The van der Waals surface area contributed by atoms with Gasteiger partial charge in [0.15, 0.2) is 0 Å². The smallest absolute Gasteiger partial charge is 0.263 e. The molecule has 0 aliphatic heterocycles. The van der Waals surface area contributed by atoms with E-state index in [1.165, 1.54) is 5.38 Å². The fraction of sp³-hybridized carbons (Fsp3) is 0. The minimum atomic E-state index is -3.82. The highest BCUT2D eigenvalue weighted by Crippen LogP contribution is 2.34. The van der Waals surface area contributed by atoms with Crippen molar-refractivity contribution in [2.75, 3.05) is 0 Å². The summed E-state index contributed by atoms with van der Waals surface area (Å²) < 4.78 is 21.9. The molecule has 0 aliphatic carbocycles. The van der Waals surface area contributed by atoms with E-state index in [9.17, 15) is 13.2 Å². The lowest BCUT2D eigenvalue weighted by molar-refractivity contribution is 0.108. The normalized spacial score (nSPS) is 11.6. The molecule has 1 aromatic rings. The average Bonchev–Trinajstić information content (AvgIpc) is 2.28. The van der Waals surface area contributed by atoms with Gasteiger partial charge < -0.3 is 0 Å². The van der Waals surface area contributed by atoms with E-state index in [1.807, 2.05) is 0 Å². The molecule has 0 bridgehead atoms. The van der Waals surface area contributed by atoms with Crippen molar-refractivity contribution in [1.82, 2.24) is 0 Å². The van der Waals surface area contributed by atoms with Gasteiger partial charge in [0.2, 0.25) is 0 Å². The highest BCUT2D eigenvalue weighted by molar-refractivity contribution is 9.10. The monoisotopic (exact) mass is 322 g/mol. The Morgan fingerprint density at radius 1 is 1.54 bits per heavy atom. The molecule has 0 N–H and O–H groups in total. The number of halogens is 3. The Bertz CT molecular complexity index is 450. The van der Waals surface area contributed by atoms with Crippen molar-refractivity contribution in [3.63, 3.8) is 0 Å². The molecule has 0 saturated carbocycles. The molecular formula is C5HBrCl2O3S2. The maximum atomic E-state index is 10.9. The molecule has 0 atom stereocenters. The van der Waals surface area contributed by atoms with E-state index >= 15 is 0 Å². The van der Waals surface area contributed by atoms with Crippen LogP contribution in [0.15, 0.2) is 14.7 Å². The zero-order valence-electron chi connectivity index (χ0n) is 5.75. The van der Waals surface area contributed by atoms with Crippen LogP contribution in [0.5, 0.6) is 0 Å². The molecule has 0 amide bonds. The maximum absolute atomic E-state index is 10.9. The number of carbonyl (C=O) groups is 1. The van der Waals surface area contributed by atoms with E-state index in [0.29, 0.717) is 0 Å². The van der Waals surface area contributed by atoms with Crippen LogP contribution in [0.25, 0.3) is 0 Å². The molecule has 0 fully saturated rings. The first-order valence-corrected chi connectivity index (χ1v) is 7.11. The molecule has 0 radical (unpaired) electrons. The summed E-state index contributed by atoms with van der Waals surface area (Å²) in [5.41, 5.74) is 0. The summed E-state index contributed by atoms with van der Waals surface area (Å²) in [7, 11) is 1.26. The third-order valence-corrected chi connectivity index (χ3v) is 5.26. The quantitative estimate of drug-likeness (QED) is 0.786. The van der Waals surface area contributed by atoms with Gasteiger partial charge >= 0.3 is 0 Å². The summed E-state index contributed by atoms with van der Waals surface area (Å²) in [4.78, 5) is 10.7. The first-order chi connectivity index (χ1) is 5.84. The highest BCUT2D eigenvalue weighted by Gasteiger charge is 2.21. The minimum Gasteiger partial charge on any atom is -0.275 e. The highest BCUT2D eigenvalue weighted by atomic mass is 79.9. The summed E-state index contributed by atoms with van der Waals surface area (Å²) in [6.45, 7) is 0. The zero-order valence-corrected chi connectivity index (χ0v) is 10.5. The van der Waals surface area contributed by atoms with E-state index < -0.39 is 14.3 Å². The number of hydrogen-bond donors (Lipinski definition) is 0. The molecule has 1 rings (SSSR count). The molecule has 8 heteroatoms. The fourth-order valence-corrected chi connectivity index (χ4v) is 4.80. The molecule has 0 unspecified atom stereocenters. The van der Waals surface area contributed by atoms with Crippen LogP contribution in [-0.2, 0) is 9.05 Å². The van der Waals surface area contributed by atoms with Crippen molar-refractivity contribution in [2.45, 2.75) is 4.90 Å². The van der Waals surface area contributed by atoms with E-state index in [0.717, 1.165) is 11.3 Å². The molecule has 0 aliphatic rings. The second kappa shape index (κ2) is 3.86. The molecule has 0 saturated heterocycles.